The Hall–Kier alpha value is -1.88. The van der Waals surface area contributed by atoms with Crippen molar-refractivity contribution >= 4 is 35.0 Å². The van der Waals surface area contributed by atoms with Crippen LogP contribution in [0.3, 0.4) is 0 Å². The van der Waals surface area contributed by atoms with Gasteiger partial charge in [0.2, 0.25) is 0 Å². The number of nitrogens with zero attached hydrogens (tertiary/aromatic N) is 2. The number of aryl methyl sites for hydroxylation is 1. The zero-order chi connectivity index (χ0) is 15.0. The van der Waals surface area contributed by atoms with Gasteiger partial charge in [-0.25, -0.2) is 0 Å². The maximum Gasteiger partial charge on any atom is 0.276 e. The molecule has 2 saturated heterocycles. The fraction of sp³-hybridized carbons (Fsp3) is 0.375. The molecule has 0 aromatic heterocycles. The van der Waals surface area contributed by atoms with Crippen LogP contribution in [-0.2, 0) is 4.79 Å². The smallest absolute Gasteiger partial charge is 0.276 e. The Bertz CT molecular complexity index is 632. The van der Waals surface area contributed by atoms with Gasteiger partial charge in [-0.2, -0.15) is 0 Å². The van der Waals surface area contributed by atoms with Crippen molar-refractivity contribution in [1.29, 1.82) is 0 Å². The summed E-state index contributed by atoms with van der Waals surface area (Å²) in [6.45, 7) is 4.35. The van der Waals surface area contributed by atoms with Crippen LogP contribution in [0.4, 0.5) is 5.69 Å². The molecule has 2 aliphatic heterocycles. The molecule has 4 nitrogen and oxygen atoms in total. The first-order valence-corrected chi connectivity index (χ1v) is 7.63. The van der Waals surface area contributed by atoms with E-state index in [2.05, 4.69) is 35.3 Å². The lowest BCUT2D eigenvalue weighted by atomic mass is 10.1. The molecule has 2 fully saturated rings. The number of rotatable bonds is 2. The number of benzene rings is 1. The van der Waals surface area contributed by atoms with Crippen molar-refractivity contribution in [3.8, 4) is 0 Å². The molecule has 0 bridgehead atoms. The van der Waals surface area contributed by atoms with E-state index in [1.807, 2.05) is 6.08 Å². The maximum absolute atomic E-state index is 12.0. The van der Waals surface area contributed by atoms with Crippen LogP contribution in [0.25, 0.3) is 6.08 Å². The third-order valence-electron chi connectivity index (χ3n) is 4.11. The quantitative estimate of drug-likeness (QED) is 0.671. The predicted molar refractivity (Wildman–Crippen MR) is 89.1 cm³/mol. The summed E-state index contributed by atoms with van der Waals surface area (Å²) >= 11 is 5.08. The van der Waals surface area contributed by atoms with Crippen LogP contribution >= 0.6 is 12.2 Å². The van der Waals surface area contributed by atoms with E-state index in [4.69, 9.17) is 12.2 Å². The Morgan fingerprint density at radius 1 is 1.29 bits per heavy atom. The summed E-state index contributed by atoms with van der Waals surface area (Å²) in [5, 5.41) is 3.41. The molecule has 2 heterocycles. The van der Waals surface area contributed by atoms with E-state index in [0.29, 0.717) is 10.8 Å². The minimum absolute atomic E-state index is 0.0805. The Kier molecular flexibility index (Phi) is 3.68. The predicted octanol–water partition coefficient (Wildman–Crippen LogP) is 2.28. The van der Waals surface area contributed by atoms with Crippen LogP contribution in [0.1, 0.15) is 24.0 Å². The molecule has 0 radical (unpaired) electrons. The average molecular weight is 301 g/mol. The lowest BCUT2D eigenvalue weighted by Crippen LogP contribution is -2.25. The highest BCUT2D eigenvalue weighted by Crippen LogP contribution is 2.24. The van der Waals surface area contributed by atoms with Gasteiger partial charge in [-0.15, -0.1) is 0 Å². The molecule has 0 aliphatic carbocycles. The van der Waals surface area contributed by atoms with E-state index in [1.54, 1.807) is 7.05 Å². The van der Waals surface area contributed by atoms with Crippen LogP contribution in [-0.4, -0.2) is 36.1 Å². The van der Waals surface area contributed by atoms with Gasteiger partial charge in [0.25, 0.3) is 5.91 Å². The Balaban J connectivity index is 1.86. The summed E-state index contributed by atoms with van der Waals surface area (Å²) in [5.41, 5.74) is 4.03. The van der Waals surface area contributed by atoms with Crippen molar-refractivity contribution in [3.63, 3.8) is 0 Å². The first-order valence-electron chi connectivity index (χ1n) is 7.22. The number of nitrogens with one attached hydrogen (secondary N) is 1. The van der Waals surface area contributed by atoms with E-state index in [9.17, 15) is 4.79 Å². The molecule has 1 aromatic rings. The molecular weight excluding hydrogens is 282 g/mol. The Morgan fingerprint density at radius 3 is 2.57 bits per heavy atom. The molecular formula is C16H19N3OS. The number of likely N-dealkylation sites (N-methyl/N-ethyl adjacent to an activating group) is 1. The van der Waals surface area contributed by atoms with E-state index >= 15 is 0 Å². The molecule has 0 unspecified atom stereocenters. The Morgan fingerprint density at radius 2 is 2.00 bits per heavy atom. The highest BCUT2D eigenvalue weighted by Gasteiger charge is 2.27. The summed E-state index contributed by atoms with van der Waals surface area (Å²) in [7, 11) is 1.68. The van der Waals surface area contributed by atoms with Gasteiger partial charge in [-0.05, 0) is 61.3 Å². The second-order valence-corrected chi connectivity index (χ2v) is 5.97. The molecule has 5 heteroatoms. The van der Waals surface area contributed by atoms with Crippen molar-refractivity contribution in [2.75, 3.05) is 25.0 Å². The summed E-state index contributed by atoms with van der Waals surface area (Å²) in [6.07, 6.45) is 4.42. The van der Waals surface area contributed by atoms with Gasteiger partial charge in [0, 0.05) is 25.8 Å². The van der Waals surface area contributed by atoms with Crippen LogP contribution in [0, 0.1) is 6.92 Å². The van der Waals surface area contributed by atoms with Gasteiger partial charge in [-0.3, -0.25) is 9.69 Å². The molecule has 2 aliphatic rings. The summed E-state index contributed by atoms with van der Waals surface area (Å²) < 4.78 is 0. The minimum Gasteiger partial charge on any atom is -0.372 e. The number of thiocarbonyl (C=S) groups is 1. The van der Waals surface area contributed by atoms with Crippen LogP contribution in [0.5, 0.6) is 0 Å². The molecule has 0 atom stereocenters. The third-order valence-corrected chi connectivity index (χ3v) is 4.48. The number of carbonyl (C=O) groups is 1. The topological polar surface area (TPSA) is 35.6 Å². The van der Waals surface area contributed by atoms with Gasteiger partial charge in [-0.1, -0.05) is 6.07 Å². The van der Waals surface area contributed by atoms with E-state index in [1.165, 1.54) is 29.0 Å². The first-order chi connectivity index (χ1) is 10.1. The van der Waals surface area contributed by atoms with Crippen molar-refractivity contribution in [2.24, 2.45) is 0 Å². The van der Waals surface area contributed by atoms with Crippen LogP contribution in [0.2, 0.25) is 0 Å². The van der Waals surface area contributed by atoms with Crippen molar-refractivity contribution in [3.05, 3.63) is 35.0 Å². The second kappa shape index (κ2) is 5.48. The second-order valence-electron chi connectivity index (χ2n) is 5.59. The van der Waals surface area contributed by atoms with Gasteiger partial charge in [0.1, 0.15) is 5.70 Å². The van der Waals surface area contributed by atoms with Crippen LogP contribution < -0.4 is 10.2 Å². The molecule has 0 spiro atoms. The van der Waals surface area contributed by atoms with Crippen molar-refractivity contribution < 1.29 is 4.79 Å². The minimum atomic E-state index is -0.0805. The Labute approximate surface area is 130 Å². The number of anilines is 1. The highest BCUT2D eigenvalue weighted by molar-refractivity contribution is 7.80. The average Bonchev–Trinajstić information content (AvgIpc) is 3.07. The number of hydrogen-bond acceptors (Lipinski definition) is 3. The molecule has 1 amide bonds. The summed E-state index contributed by atoms with van der Waals surface area (Å²) in [4.78, 5) is 15.9. The van der Waals surface area contributed by atoms with Gasteiger partial charge in [0.05, 0.1) is 0 Å². The molecule has 1 N–H and O–H groups in total. The number of carbonyl (C=O) groups excluding carboxylic acids is 1. The zero-order valence-corrected chi connectivity index (χ0v) is 13.2. The zero-order valence-electron chi connectivity index (χ0n) is 12.3. The molecule has 110 valence electrons. The molecule has 1 aromatic carbocycles. The number of amides is 1. The fourth-order valence-corrected chi connectivity index (χ4v) is 2.97. The monoisotopic (exact) mass is 301 g/mol. The van der Waals surface area contributed by atoms with Crippen molar-refractivity contribution in [1.82, 2.24) is 10.2 Å². The van der Waals surface area contributed by atoms with Gasteiger partial charge < -0.3 is 10.2 Å². The standard InChI is InChI=1S/C16H19N3OS/c1-11-9-13(19-7-3-4-8-19)6-5-12(11)10-14-15(20)18(2)16(21)17-14/h5-6,9-10H,3-4,7-8H2,1-2H3,(H,17,21). The lowest BCUT2D eigenvalue weighted by molar-refractivity contribution is -0.121. The van der Waals surface area contributed by atoms with E-state index in [-0.39, 0.29) is 5.91 Å². The largest absolute Gasteiger partial charge is 0.372 e. The number of hydrogen-bond donors (Lipinski definition) is 1. The highest BCUT2D eigenvalue weighted by atomic mass is 32.1. The fourth-order valence-electron chi connectivity index (χ4n) is 2.77. The molecule has 21 heavy (non-hydrogen) atoms. The van der Waals surface area contributed by atoms with E-state index < -0.39 is 0 Å². The first kappa shape index (κ1) is 14.1. The maximum atomic E-state index is 12.0. The lowest BCUT2D eigenvalue weighted by Gasteiger charge is -2.18. The van der Waals surface area contributed by atoms with Crippen molar-refractivity contribution in [2.45, 2.75) is 19.8 Å². The normalized spacial score (nSPS) is 20.6. The summed E-state index contributed by atoms with van der Waals surface area (Å²) in [5.74, 6) is -0.0805. The van der Waals surface area contributed by atoms with Gasteiger partial charge >= 0.3 is 0 Å². The van der Waals surface area contributed by atoms with Crippen LogP contribution in [0.15, 0.2) is 23.9 Å². The van der Waals surface area contributed by atoms with Gasteiger partial charge in [0.15, 0.2) is 5.11 Å². The molecule has 0 saturated carbocycles. The third kappa shape index (κ3) is 2.65. The van der Waals surface area contributed by atoms with E-state index in [0.717, 1.165) is 18.7 Å². The summed E-state index contributed by atoms with van der Waals surface area (Å²) in [6, 6.07) is 6.40. The molecule has 3 rings (SSSR count). The SMILES string of the molecule is Cc1cc(N2CCCC2)ccc1C=C1NC(=S)N(C)C1=O.